The van der Waals surface area contributed by atoms with Gasteiger partial charge in [-0.3, -0.25) is 9.48 Å². The summed E-state index contributed by atoms with van der Waals surface area (Å²) >= 11 is 0. The third-order valence-corrected chi connectivity index (χ3v) is 6.85. The molecular formula is C23H29N7O2Si. The second-order valence-corrected chi connectivity index (χ2v) is 14.9. The van der Waals surface area contributed by atoms with Crippen molar-refractivity contribution < 1.29 is 4.74 Å². The van der Waals surface area contributed by atoms with Gasteiger partial charge in [0.15, 0.2) is 5.82 Å². The van der Waals surface area contributed by atoms with Gasteiger partial charge in [0, 0.05) is 46.0 Å². The predicted octanol–water partition coefficient (Wildman–Crippen LogP) is 3.13. The highest BCUT2D eigenvalue weighted by Gasteiger charge is 2.13. The molecule has 33 heavy (non-hydrogen) atoms. The fraction of sp³-hybridized carbons (Fsp3) is 0.348. The molecule has 3 heterocycles. The fourth-order valence-corrected chi connectivity index (χ4v) is 4.04. The Morgan fingerprint density at radius 3 is 2.73 bits per heavy atom. The van der Waals surface area contributed by atoms with E-state index < -0.39 is 8.07 Å². The van der Waals surface area contributed by atoms with Crippen LogP contribution in [0.25, 0.3) is 17.1 Å². The van der Waals surface area contributed by atoms with Crippen molar-refractivity contribution in [1.29, 1.82) is 0 Å². The van der Waals surface area contributed by atoms with Crippen molar-refractivity contribution in [2.75, 3.05) is 6.61 Å². The summed E-state index contributed by atoms with van der Waals surface area (Å²) in [5.74, 6) is 0.624. The van der Waals surface area contributed by atoms with Gasteiger partial charge < -0.3 is 4.74 Å². The van der Waals surface area contributed by atoms with Crippen LogP contribution >= 0.6 is 0 Å². The van der Waals surface area contributed by atoms with Crippen molar-refractivity contribution in [2.45, 2.75) is 38.8 Å². The summed E-state index contributed by atoms with van der Waals surface area (Å²) in [7, 11) is 0.730. The molecule has 4 aromatic rings. The van der Waals surface area contributed by atoms with Crippen LogP contribution in [0.15, 0.2) is 60.0 Å². The third kappa shape index (κ3) is 6.11. The maximum Gasteiger partial charge on any atom is 0.203 e. The molecule has 0 aliphatic heterocycles. The molecule has 3 aromatic heterocycles. The number of aromatic nitrogens is 7. The first-order chi connectivity index (χ1) is 15.8. The van der Waals surface area contributed by atoms with E-state index in [0.717, 1.165) is 29.5 Å². The second-order valence-electron chi connectivity index (χ2n) is 9.28. The largest absolute Gasteiger partial charge is 0.359 e. The van der Waals surface area contributed by atoms with Gasteiger partial charge in [0.2, 0.25) is 5.43 Å². The Balaban J connectivity index is 1.46. The fourth-order valence-electron chi connectivity index (χ4n) is 3.28. The van der Waals surface area contributed by atoms with Crippen molar-refractivity contribution in [3.05, 3.63) is 76.7 Å². The Morgan fingerprint density at radius 2 is 1.97 bits per heavy atom. The molecule has 0 atom stereocenters. The van der Waals surface area contributed by atoms with Gasteiger partial charge >= 0.3 is 0 Å². The van der Waals surface area contributed by atoms with E-state index in [4.69, 9.17) is 4.74 Å². The van der Waals surface area contributed by atoms with Crippen LogP contribution in [0.4, 0.5) is 0 Å². The molecule has 4 rings (SSSR count). The van der Waals surface area contributed by atoms with E-state index in [-0.39, 0.29) is 5.43 Å². The summed E-state index contributed by atoms with van der Waals surface area (Å²) in [4.78, 5) is 16.8. The summed E-state index contributed by atoms with van der Waals surface area (Å²) in [6, 6.07) is 10.5. The summed E-state index contributed by atoms with van der Waals surface area (Å²) in [5.41, 5.74) is 3.01. The minimum absolute atomic E-state index is 0.0987. The summed E-state index contributed by atoms with van der Waals surface area (Å²) < 4.78 is 10.8. The number of hydrogen-bond donors (Lipinski definition) is 0. The number of ether oxygens (including phenoxy) is 1. The summed E-state index contributed by atoms with van der Waals surface area (Å²) in [5, 5.41) is 13.2. The second kappa shape index (κ2) is 9.63. The molecule has 0 bridgehead atoms. The number of rotatable bonds is 9. The molecule has 0 aliphatic carbocycles. The molecular weight excluding hydrogens is 434 g/mol. The zero-order valence-corrected chi connectivity index (χ0v) is 20.5. The van der Waals surface area contributed by atoms with Crippen molar-refractivity contribution in [3.63, 3.8) is 0 Å². The van der Waals surface area contributed by atoms with Gasteiger partial charge in [-0.25, -0.2) is 14.3 Å². The summed E-state index contributed by atoms with van der Waals surface area (Å²) in [6.07, 6.45) is 7.30. The molecule has 172 valence electrons. The Bertz CT molecular complexity index is 1290. The monoisotopic (exact) mass is 463 g/mol. The lowest BCUT2D eigenvalue weighted by Crippen LogP contribution is -2.22. The zero-order chi connectivity index (χ0) is 23.4. The molecule has 1 aromatic carbocycles. The molecule has 0 fully saturated rings. The average Bonchev–Trinajstić information content (AvgIpc) is 3.42. The van der Waals surface area contributed by atoms with E-state index in [9.17, 15) is 4.79 Å². The van der Waals surface area contributed by atoms with Crippen molar-refractivity contribution in [2.24, 2.45) is 7.05 Å². The van der Waals surface area contributed by atoms with Crippen LogP contribution in [0.5, 0.6) is 0 Å². The minimum Gasteiger partial charge on any atom is -0.359 e. The SMILES string of the molecule is Cn1cc(-n2ccc(=O)c(Cc3cccc(-c4ncn(COCC[Si](C)(C)C)n4)c3)n2)cn1. The van der Waals surface area contributed by atoms with Gasteiger partial charge in [0.05, 0.1) is 12.4 Å². The predicted molar refractivity (Wildman–Crippen MR) is 129 cm³/mol. The van der Waals surface area contributed by atoms with Gasteiger partial charge in [-0.2, -0.15) is 10.2 Å². The van der Waals surface area contributed by atoms with E-state index in [1.807, 2.05) is 37.5 Å². The van der Waals surface area contributed by atoms with Gasteiger partial charge in [0.25, 0.3) is 0 Å². The van der Waals surface area contributed by atoms with Crippen LogP contribution < -0.4 is 5.43 Å². The lowest BCUT2D eigenvalue weighted by atomic mass is 10.1. The standard InChI is InChI=1S/C23H29N7O2Si/c1-28-15-20(14-25-28)30-9-8-22(31)21(26-30)13-18-6-5-7-19(12-18)23-24-16-29(27-23)17-32-10-11-33(2,3)4/h5-9,12,14-16H,10-11,13,17H2,1-4H3. The normalized spacial score (nSPS) is 11.8. The quantitative estimate of drug-likeness (QED) is 0.280. The van der Waals surface area contributed by atoms with Crippen molar-refractivity contribution in [3.8, 4) is 17.1 Å². The highest BCUT2D eigenvalue weighted by molar-refractivity contribution is 6.76. The molecule has 10 heteroatoms. The van der Waals surface area contributed by atoms with Gasteiger partial charge in [0.1, 0.15) is 24.4 Å². The molecule has 9 nitrogen and oxygen atoms in total. The van der Waals surface area contributed by atoms with E-state index in [1.165, 1.54) is 6.07 Å². The molecule has 0 saturated heterocycles. The lowest BCUT2D eigenvalue weighted by molar-refractivity contribution is 0.0785. The van der Waals surface area contributed by atoms with E-state index >= 15 is 0 Å². The minimum atomic E-state index is -1.11. The number of nitrogens with zero attached hydrogens (tertiary/aromatic N) is 7. The molecule has 0 unspecified atom stereocenters. The Kier molecular flexibility index (Phi) is 6.66. The smallest absolute Gasteiger partial charge is 0.203 e. The topological polar surface area (TPSA) is 92.7 Å². The van der Waals surface area contributed by atoms with E-state index in [1.54, 1.807) is 32.8 Å². The Hall–Kier alpha value is -3.37. The Morgan fingerprint density at radius 1 is 1.12 bits per heavy atom. The van der Waals surface area contributed by atoms with Crippen molar-refractivity contribution in [1.82, 2.24) is 34.3 Å². The number of benzene rings is 1. The first kappa shape index (κ1) is 22.8. The summed E-state index contributed by atoms with van der Waals surface area (Å²) in [6.45, 7) is 8.11. The molecule has 0 spiro atoms. The molecule has 0 aliphatic rings. The van der Waals surface area contributed by atoms with Gasteiger partial charge in [-0.05, 0) is 17.7 Å². The molecule has 0 saturated carbocycles. The Labute approximate surface area is 193 Å². The van der Waals surface area contributed by atoms with E-state index in [2.05, 4.69) is 39.9 Å². The molecule has 0 amide bonds. The molecule has 0 radical (unpaired) electrons. The maximum absolute atomic E-state index is 12.4. The highest BCUT2D eigenvalue weighted by Crippen LogP contribution is 2.18. The average molecular weight is 464 g/mol. The number of aryl methyl sites for hydroxylation is 1. The lowest BCUT2D eigenvalue weighted by Gasteiger charge is -2.15. The molecule has 0 N–H and O–H groups in total. The highest BCUT2D eigenvalue weighted by atomic mass is 28.3. The zero-order valence-electron chi connectivity index (χ0n) is 19.5. The maximum atomic E-state index is 12.4. The van der Waals surface area contributed by atoms with Gasteiger partial charge in [-0.1, -0.05) is 37.8 Å². The van der Waals surface area contributed by atoms with Crippen molar-refractivity contribution >= 4 is 8.07 Å². The first-order valence-electron chi connectivity index (χ1n) is 10.9. The first-order valence-corrected chi connectivity index (χ1v) is 14.6. The number of hydrogen-bond acceptors (Lipinski definition) is 6. The van der Waals surface area contributed by atoms with Crippen LogP contribution in [0.2, 0.25) is 25.7 Å². The van der Waals surface area contributed by atoms with Crippen LogP contribution in [0, 0.1) is 0 Å². The van der Waals surface area contributed by atoms with Gasteiger partial charge in [-0.15, -0.1) is 5.10 Å². The third-order valence-electron chi connectivity index (χ3n) is 5.15. The van der Waals surface area contributed by atoms with E-state index in [0.29, 0.717) is 24.7 Å². The van der Waals surface area contributed by atoms with Crippen LogP contribution in [-0.2, 0) is 24.9 Å². The van der Waals surface area contributed by atoms with Crippen LogP contribution in [-0.4, -0.2) is 49.0 Å². The van der Waals surface area contributed by atoms with Crippen LogP contribution in [0.1, 0.15) is 11.3 Å². The van der Waals surface area contributed by atoms with Crippen LogP contribution in [0.3, 0.4) is 0 Å².